The Morgan fingerprint density at radius 2 is 1.86 bits per heavy atom. The van der Waals surface area contributed by atoms with Crippen molar-refractivity contribution in [1.29, 1.82) is 0 Å². The van der Waals surface area contributed by atoms with Crippen molar-refractivity contribution in [3.8, 4) is 0 Å². The largest absolute Gasteiger partial charge is 0.481 e. The van der Waals surface area contributed by atoms with Crippen LogP contribution >= 0.6 is 0 Å². The normalized spacial score (nSPS) is 17.0. The van der Waals surface area contributed by atoms with E-state index in [1.54, 1.807) is 6.92 Å². The predicted octanol–water partition coefficient (Wildman–Crippen LogP) is 0.928. The van der Waals surface area contributed by atoms with Crippen molar-refractivity contribution in [2.24, 2.45) is 11.1 Å². The van der Waals surface area contributed by atoms with Gasteiger partial charge >= 0.3 is 12.0 Å². The van der Waals surface area contributed by atoms with E-state index in [9.17, 15) is 14.4 Å². The van der Waals surface area contributed by atoms with Crippen molar-refractivity contribution in [2.45, 2.75) is 45.4 Å². The lowest BCUT2D eigenvalue weighted by atomic mass is 9.72. The van der Waals surface area contributed by atoms with E-state index in [0.717, 1.165) is 32.1 Å². The molecule has 1 fully saturated rings. The SMILES string of the molecule is CCN(CC(N)=O)C(=O)NCC1(CC(=O)O)CCCCC1. The molecule has 21 heavy (non-hydrogen) atoms. The van der Waals surface area contributed by atoms with Gasteiger partial charge < -0.3 is 21.1 Å². The number of aliphatic carboxylic acids is 1. The number of amides is 3. The molecular formula is C14H25N3O4. The van der Waals surface area contributed by atoms with Crippen LogP contribution in [0.2, 0.25) is 0 Å². The Morgan fingerprint density at radius 3 is 2.33 bits per heavy atom. The highest BCUT2D eigenvalue weighted by Gasteiger charge is 2.35. The number of nitrogens with two attached hydrogens (primary N) is 1. The van der Waals surface area contributed by atoms with Crippen molar-refractivity contribution in [3.63, 3.8) is 0 Å². The number of carbonyl (C=O) groups excluding carboxylic acids is 2. The third-order valence-corrected chi connectivity index (χ3v) is 4.07. The third kappa shape index (κ3) is 5.61. The summed E-state index contributed by atoms with van der Waals surface area (Å²) < 4.78 is 0. The average molecular weight is 299 g/mol. The van der Waals surface area contributed by atoms with Gasteiger partial charge in [0.15, 0.2) is 0 Å². The van der Waals surface area contributed by atoms with Crippen LogP contribution in [0.15, 0.2) is 0 Å². The zero-order valence-electron chi connectivity index (χ0n) is 12.6. The number of hydrogen-bond donors (Lipinski definition) is 3. The molecule has 0 aromatic heterocycles. The lowest BCUT2D eigenvalue weighted by Gasteiger charge is -2.36. The van der Waals surface area contributed by atoms with Crippen LogP contribution in [0.1, 0.15) is 45.4 Å². The summed E-state index contributed by atoms with van der Waals surface area (Å²) in [5.74, 6) is -1.40. The molecule has 1 aliphatic rings. The first kappa shape index (κ1) is 17.3. The van der Waals surface area contributed by atoms with E-state index in [1.165, 1.54) is 4.90 Å². The standard InChI is InChI=1S/C14H25N3O4/c1-2-17(9-11(15)18)13(21)16-10-14(8-12(19)20)6-4-3-5-7-14/h2-10H2,1H3,(H2,15,18)(H,16,21)(H,19,20). The van der Waals surface area contributed by atoms with E-state index in [4.69, 9.17) is 10.8 Å². The molecule has 1 rings (SSSR count). The van der Waals surface area contributed by atoms with Gasteiger partial charge in [-0.3, -0.25) is 9.59 Å². The van der Waals surface area contributed by atoms with Gasteiger partial charge in [-0.2, -0.15) is 0 Å². The molecule has 0 heterocycles. The summed E-state index contributed by atoms with van der Waals surface area (Å²) in [5.41, 5.74) is 4.73. The number of likely N-dealkylation sites (N-methyl/N-ethyl adjacent to an activating group) is 1. The average Bonchev–Trinajstić information content (AvgIpc) is 2.42. The summed E-state index contributed by atoms with van der Waals surface area (Å²) in [5, 5.41) is 11.9. The lowest BCUT2D eigenvalue weighted by Crippen LogP contribution is -2.48. The van der Waals surface area contributed by atoms with Crippen LogP contribution in [0.5, 0.6) is 0 Å². The van der Waals surface area contributed by atoms with Gasteiger partial charge in [0.2, 0.25) is 5.91 Å². The summed E-state index contributed by atoms with van der Waals surface area (Å²) in [6, 6.07) is -0.369. The van der Waals surface area contributed by atoms with E-state index in [1.807, 2.05) is 0 Å². The summed E-state index contributed by atoms with van der Waals surface area (Å²) >= 11 is 0. The minimum Gasteiger partial charge on any atom is -0.481 e. The van der Waals surface area contributed by atoms with Crippen LogP contribution in [-0.4, -0.2) is 47.5 Å². The van der Waals surface area contributed by atoms with Gasteiger partial charge in [0.25, 0.3) is 0 Å². The van der Waals surface area contributed by atoms with Crippen molar-refractivity contribution < 1.29 is 19.5 Å². The number of carbonyl (C=O) groups is 3. The molecule has 1 saturated carbocycles. The first-order valence-corrected chi connectivity index (χ1v) is 7.41. The van der Waals surface area contributed by atoms with Crippen LogP contribution in [0.3, 0.4) is 0 Å². The Kier molecular flexibility index (Phi) is 6.45. The van der Waals surface area contributed by atoms with Gasteiger partial charge in [-0.05, 0) is 25.2 Å². The number of rotatable bonds is 7. The van der Waals surface area contributed by atoms with E-state index >= 15 is 0 Å². The highest BCUT2D eigenvalue weighted by molar-refractivity contribution is 5.83. The van der Waals surface area contributed by atoms with E-state index in [-0.39, 0.29) is 24.4 Å². The Balaban J connectivity index is 2.61. The predicted molar refractivity (Wildman–Crippen MR) is 77.6 cm³/mol. The zero-order valence-corrected chi connectivity index (χ0v) is 12.6. The van der Waals surface area contributed by atoms with Crippen LogP contribution in [0, 0.1) is 5.41 Å². The number of urea groups is 1. The molecule has 0 bridgehead atoms. The quantitative estimate of drug-likeness (QED) is 0.649. The molecule has 0 aliphatic heterocycles. The molecule has 0 radical (unpaired) electrons. The first-order chi connectivity index (χ1) is 9.88. The second kappa shape index (κ2) is 7.85. The number of carboxylic acid groups (broad SMARTS) is 1. The second-order valence-corrected chi connectivity index (χ2v) is 5.77. The Morgan fingerprint density at radius 1 is 1.24 bits per heavy atom. The third-order valence-electron chi connectivity index (χ3n) is 4.07. The number of carboxylic acids is 1. The van der Waals surface area contributed by atoms with Crippen LogP contribution in [0.25, 0.3) is 0 Å². The molecule has 120 valence electrons. The Hall–Kier alpha value is -1.79. The molecule has 0 aromatic carbocycles. The van der Waals surface area contributed by atoms with Crippen molar-refractivity contribution >= 4 is 17.9 Å². The molecule has 0 atom stereocenters. The highest BCUT2D eigenvalue weighted by atomic mass is 16.4. The van der Waals surface area contributed by atoms with E-state index in [2.05, 4.69) is 5.32 Å². The van der Waals surface area contributed by atoms with Gasteiger partial charge in [-0.1, -0.05) is 19.3 Å². The maximum atomic E-state index is 12.0. The minimum absolute atomic E-state index is 0.0647. The fourth-order valence-electron chi connectivity index (χ4n) is 2.93. The minimum atomic E-state index is -0.837. The molecule has 7 nitrogen and oxygen atoms in total. The van der Waals surface area contributed by atoms with Crippen molar-refractivity contribution in [3.05, 3.63) is 0 Å². The summed E-state index contributed by atoms with van der Waals surface area (Å²) in [4.78, 5) is 35.3. The van der Waals surface area contributed by atoms with E-state index in [0.29, 0.717) is 13.1 Å². The molecule has 0 aromatic rings. The molecule has 3 amide bonds. The molecule has 7 heteroatoms. The molecular weight excluding hydrogens is 274 g/mol. The molecule has 0 saturated heterocycles. The van der Waals surface area contributed by atoms with E-state index < -0.39 is 11.9 Å². The van der Waals surface area contributed by atoms with Crippen LogP contribution in [0.4, 0.5) is 4.79 Å². The number of nitrogens with one attached hydrogen (secondary N) is 1. The van der Waals surface area contributed by atoms with Gasteiger partial charge in [0.1, 0.15) is 6.54 Å². The Bertz CT molecular complexity index is 392. The number of nitrogens with zero attached hydrogens (tertiary/aromatic N) is 1. The number of primary amides is 1. The highest BCUT2D eigenvalue weighted by Crippen LogP contribution is 2.38. The summed E-state index contributed by atoms with van der Waals surface area (Å²) in [7, 11) is 0. The van der Waals surface area contributed by atoms with Gasteiger partial charge in [0, 0.05) is 13.1 Å². The molecule has 0 spiro atoms. The fraction of sp³-hybridized carbons (Fsp3) is 0.786. The first-order valence-electron chi connectivity index (χ1n) is 7.41. The van der Waals surface area contributed by atoms with Crippen LogP contribution < -0.4 is 11.1 Å². The fourth-order valence-corrected chi connectivity index (χ4v) is 2.93. The smallest absolute Gasteiger partial charge is 0.317 e. The van der Waals surface area contributed by atoms with Crippen molar-refractivity contribution in [2.75, 3.05) is 19.6 Å². The van der Waals surface area contributed by atoms with Crippen molar-refractivity contribution in [1.82, 2.24) is 10.2 Å². The zero-order chi connectivity index (χ0) is 15.9. The lowest BCUT2D eigenvalue weighted by molar-refractivity contribution is -0.140. The Labute approximate surface area is 124 Å². The van der Waals surface area contributed by atoms with Gasteiger partial charge in [-0.25, -0.2) is 4.79 Å². The topological polar surface area (TPSA) is 113 Å². The van der Waals surface area contributed by atoms with Crippen LogP contribution in [-0.2, 0) is 9.59 Å². The second-order valence-electron chi connectivity index (χ2n) is 5.77. The molecule has 0 unspecified atom stereocenters. The maximum absolute atomic E-state index is 12.0. The maximum Gasteiger partial charge on any atom is 0.317 e. The summed E-state index contributed by atoms with van der Waals surface area (Å²) in [6.07, 6.45) is 4.76. The van der Waals surface area contributed by atoms with Gasteiger partial charge in [0.05, 0.1) is 6.42 Å². The van der Waals surface area contributed by atoms with Gasteiger partial charge in [-0.15, -0.1) is 0 Å². The molecule has 4 N–H and O–H groups in total. The monoisotopic (exact) mass is 299 g/mol. The number of hydrogen-bond acceptors (Lipinski definition) is 3. The summed E-state index contributed by atoms with van der Waals surface area (Å²) in [6.45, 7) is 2.33. The molecule has 1 aliphatic carbocycles.